The summed E-state index contributed by atoms with van der Waals surface area (Å²) in [5, 5.41) is 17.7. The van der Waals surface area contributed by atoms with Gasteiger partial charge in [-0.25, -0.2) is 8.42 Å². The van der Waals surface area contributed by atoms with E-state index < -0.39 is 10.0 Å². The van der Waals surface area contributed by atoms with E-state index >= 15 is 0 Å². The van der Waals surface area contributed by atoms with Gasteiger partial charge in [0.2, 0.25) is 10.0 Å². The lowest BCUT2D eigenvalue weighted by atomic mass is 10.1. The number of rotatable bonds is 5. The smallest absolute Gasteiger partial charge is 0.243 e. The maximum Gasteiger partial charge on any atom is 0.243 e. The van der Waals surface area contributed by atoms with Crippen molar-refractivity contribution in [2.75, 3.05) is 19.8 Å². The summed E-state index contributed by atoms with van der Waals surface area (Å²) in [7, 11) is -3.65. The minimum absolute atomic E-state index is 0.0606. The molecule has 0 aliphatic heterocycles. The average Bonchev–Trinajstić information content (AvgIpc) is 2.42. The number of aryl methyl sites for hydroxylation is 1. The predicted molar refractivity (Wildman–Crippen MR) is 81.3 cm³/mol. The molecule has 6 heteroatoms. The molecule has 0 aliphatic rings. The van der Waals surface area contributed by atoms with Crippen LogP contribution in [0.1, 0.15) is 25.0 Å². The van der Waals surface area contributed by atoms with Crippen LogP contribution in [-0.2, 0) is 10.0 Å². The molecule has 0 heterocycles. The van der Waals surface area contributed by atoms with Crippen molar-refractivity contribution in [2.24, 2.45) is 0 Å². The van der Waals surface area contributed by atoms with Crippen LogP contribution in [0.3, 0.4) is 0 Å². The number of aliphatic hydroxyl groups is 2. The van der Waals surface area contributed by atoms with Gasteiger partial charge in [0.1, 0.15) is 6.61 Å². The van der Waals surface area contributed by atoms with Gasteiger partial charge >= 0.3 is 0 Å². The van der Waals surface area contributed by atoms with Crippen LogP contribution in [0.4, 0.5) is 0 Å². The first-order valence-corrected chi connectivity index (χ1v) is 8.11. The van der Waals surface area contributed by atoms with E-state index in [1.807, 2.05) is 0 Å². The van der Waals surface area contributed by atoms with E-state index in [4.69, 9.17) is 10.2 Å². The molecule has 1 rings (SSSR count). The molecule has 0 bridgehead atoms. The van der Waals surface area contributed by atoms with Crippen molar-refractivity contribution in [1.29, 1.82) is 0 Å². The van der Waals surface area contributed by atoms with Crippen LogP contribution in [0.2, 0.25) is 0 Å². The summed E-state index contributed by atoms with van der Waals surface area (Å²) >= 11 is 0. The normalized spacial score (nSPS) is 11.6. The Balaban J connectivity index is 3.23. The Morgan fingerprint density at radius 3 is 2.43 bits per heavy atom. The molecule has 0 saturated carbocycles. The molecule has 5 nitrogen and oxygen atoms in total. The van der Waals surface area contributed by atoms with E-state index in [0.717, 1.165) is 5.56 Å². The molecule has 1 aromatic carbocycles. The lowest BCUT2D eigenvalue weighted by molar-refractivity contribution is 0.236. The SMILES string of the molecule is Cc1cc(S(=O)(=O)N(CCO)C(C)C)ccc1C#CCO. The summed E-state index contributed by atoms with van der Waals surface area (Å²) in [6.07, 6.45) is 0. The van der Waals surface area contributed by atoms with Crippen LogP contribution < -0.4 is 0 Å². The highest BCUT2D eigenvalue weighted by Crippen LogP contribution is 2.20. The van der Waals surface area contributed by atoms with Crippen molar-refractivity contribution >= 4 is 10.0 Å². The molecule has 0 unspecified atom stereocenters. The van der Waals surface area contributed by atoms with Crippen molar-refractivity contribution in [3.8, 4) is 11.8 Å². The van der Waals surface area contributed by atoms with Gasteiger partial charge < -0.3 is 10.2 Å². The van der Waals surface area contributed by atoms with E-state index in [1.165, 1.54) is 10.4 Å². The van der Waals surface area contributed by atoms with Crippen LogP contribution in [0.5, 0.6) is 0 Å². The quantitative estimate of drug-likeness (QED) is 0.786. The van der Waals surface area contributed by atoms with Gasteiger partial charge in [-0.2, -0.15) is 4.31 Å². The second kappa shape index (κ2) is 7.57. The van der Waals surface area contributed by atoms with Crippen LogP contribution >= 0.6 is 0 Å². The first kappa shape index (κ1) is 17.7. The zero-order chi connectivity index (χ0) is 16.0. The van der Waals surface area contributed by atoms with E-state index in [2.05, 4.69) is 11.8 Å². The molecule has 0 saturated heterocycles. The number of sulfonamides is 1. The Bertz CT molecular complexity index is 641. The fraction of sp³-hybridized carbons (Fsp3) is 0.467. The number of aliphatic hydroxyl groups excluding tert-OH is 2. The predicted octanol–water partition coefficient (Wildman–Crippen LogP) is 0.730. The van der Waals surface area contributed by atoms with Crippen molar-refractivity contribution in [3.05, 3.63) is 29.3 Å². The van der Waals surface area contributed by atoms with E-state index in [9.17, 15) is 8.42 Å². The average molecular weight is 311 g/mol. The van der Waals surface area contributed by atoms with Gasteiger partial charge in [0.05, 0.1) is 11.5 Å². The molecule has 2 N–H and O–H groups in total. The Labute approximate surface area is 126 Å². The lowest BCUT2D eigenvalue weighted by Crippen LogP contribution is -2.38. The van der Waals surface area contributed by atoms with E-state index in [1.54, 1.807) is 32.9 Å². The molecule has 1 aromatic rings. The highest BCUT2D eigenvalue weighted by molar-refractivity contribution is 7.89. The maximum absolute atomic E-state index is 12.6. The van der Waals surface area contributed by atoms with Crippen molar-refractivity contribution in [1.82, 2.24) is 4.31 Å². The van der Waals surface area contributed by atoms with Gasteiger partial charge in [0.25, 0.3) is 0 Å². The number of nitrogens with zero attached hydrogens (tertiary/aromatic N) is 1. The lowest BCUT2D eigenvalue weighted by Gasteiger charge is -2.25. The van der Waals surface area contributed by atoms with Gasteiger partial charge in [-0.1, -0.05) is 11.8 Å². The molecule has 0 amide bonds. The number of hydrogen-bond donors (Lipinski definition) is 2. The highest BCUT2D eigenvalue weighted by atomic mass is 32.2. The van der Waals surface area contributed by atoms with Crippen molar-refractivity contribution in [3.63, 3.8) is 0 Å². The standard InChI is InChI=1S/C15H21NO4S/c1-12(2)16(8-10-18)21(19,20)15-7-6-14(5-4-9-17)13(3)11-15/h6-7,11-12,17-18H,8-10H2,1-3H3. The van der Waals surface area contributed by atoms with Crippen LogP contribution in [0.15, 0.2) is 23.1 Å². The van der Waals surface area contributed by atoms with Gasteiger partial charge in [0, 0.05) is 18.2 Å². The Kier molecular flexibility index (Phi) is 6.37. The number of hydrogen-bond acceptors (Lipinski definition) is 4. The third-order valence-corrected chi connectivity index (χ3v) is 5.07. The zero-order valence-electron chi connectivity index (χ0n) is 12.5. The minimum Gasteiger partial charge on any atom is -0.395 e. The minimum atomic E-state index is -3.65. The Morgan fingerprint density at radius 2 is 1.95 bits per heavy atom. The molecular formula is C15H21NO4S. The summed E-state index contributed by atoms with van der Waals surface area (Å²) in [5.41, 5.74) is 1.41. The van der Waals surface area contributed by atoms with Gasteiger partial charge in [0.15, 0.2) is 0 Å². The molecular weight excluding hydrogens is 290 g/mol. The molecule has 0 radical (unpaired) electrons. The summed E-state index contributed by atoms with van der Waals surface area (Å²) < 4.78 is 26.4. The monoisotopic (exact) mass is 311 g/mol. The first-order chi connectivity index (χ1) is 9.84. The zero-order valence-corrected chi connectivity index (χ0v) is 13.3. The summed E-state index contributed by atoms with van der Waals surface area (Å²) in [4.78, 5) is 0.177. The second-order valence-electron chi connectivity index (χ2n) is 4.87. The second-order valence-corrected chi connectivity index (χ2v) is 6.76. The van der Waals surface area contributed by atoms with Crippen LogP contribution in [-0.4, -0.2) is 48.7 Å². The van der Waals surface area contributed by atoms with Crippen LogP contribution in [0.25, 0.3) is 0 Å². The largest absolute Gasteiger partial charge is 0.395 e. The van der Waals surface area contributed by atoms with Crippen molar-refractivity contribution < 1.29 is 18.6 Å². The topological polar surface area (TPSA) is 77.8 Å². The summed E-state index contributed by atoms with van der Waals surface area (Å²) in [5.74, 6) is 5.31. The fourth-order valence-electron chi connectivity index (χ4n) is 1.96. The van der Waals surface area contributed by atoms with Gasteiger partial charge in [-0.3, -0.25) is 0 Å². The molecule has 21 heavy (non-hydrogen) atoms. The third-order valence-electron chi connectivity index (χ3n) is 3.00. The fourth-order valence-corrected chi connectivity index (χ4v) is 3.68. The summed E-state index contributed by atoms with van der Waals surface area (Å²) in [6, 6.07) is 4.44. The highest BCUT2D eigenvalue weighted by Gasteiger charge is 2.26. The van der Waals surface area contributed by atoms with Gasteiger partial charge in [-0.15, -0.1) is 0 Å². The molecule has 0 spiro atoms. The molecule has 0 atom stereocenters. The Hall–Kier alpha value is -1.39. The van der Waals surface area contributed by atoms with Crippen molar-refractivity contribution in [2.45, 2.75) is 31.7 Å². The van der Waals surface area contributed by atoms with E-state index in [-0.39, 0.29) is 30.7 Å². The molecule has 116 valence electrons. The number of benzene rings is 1. The molecule has 0 aliphatic carbocycles. The summed E-state index contributed by atoms with van der Waals surface area (Å²) in [6.45, 7) is 4.90. The van der Waals surface area contributed by atoms with E-state index in [0.29, 0.717) is 5.56 Å². The van der Waals surface area contributed by atoms with Gasteiger partial charge in [-0.05, 0) is 44.5 Å². The first-order valence-electron chi connectivity index (χ1n) is 6.67. The maximum atomic E-state index is 12.6. The molecule has 0 fully saturated rings. The molecule has 0 aromatic heterocycles. The third kappa shape index (κ3) is 4.29. The van der Waals surface area contributed by atoms with Crippen LogP contribution in [0, 0.1) is 18.8 Å². The Morgan fingerprint density at radius 1 is 1.29 bits per heavy atom.